The summed E-state index contributed by atoms with van der Waals surface area (Å²) in [5.41, 5.74) is 6.45. The minimum absolute atomic E-state index is 0.0214. The number of nitrogens with one attached hydrogen (secondary N) is 1. The SMILES string of the molecule is CS(=O)(=O)c1c(-c2ccccc2)ccc(N2CCCC(NS(=O)(=O)c3ccc4onc(N)c4c3)C2=O)c1F. The zero-order valence-electron chi connectivity index (χ0n) is 20.1. The summed E-state index contributed by atoms with van der Waals surface area (Å²) in [7, 11) is -8.21. The van der Waals surface area contributed by atoms with E-state index in [1.807, 2.05) is 0 Å². The molecular formula is C25H23FN4O6S2. The van der Waals surface area contributed by atoms with Gasteiger partial charge in [0.05, 0.1) is 16.0 Å². The number of nitrogen functional groups attached to an aromatic ring is 1. The number of nitrogens with two attached hydrogens (primary N) is 1. The number of piperidine rings is 1. The van der Waals surface area contributed by atoms with E-state index in [-0.39, 0.29) is 34.9 Å². The Bertz CT molecular complexity index is 1770. The van der Waals surface area contributed by atoms with Crippen LogP contribution in [0, 0.1) is 5.82 Å². The van der Waals surface area contributed by atoms with Gasteiger partial charge in [-0.05, 0) is 42.7 Å². The molecule has 3 N–H and O–H groups in total. The van der Waals surface area contributed by atoms with Crippen molar-refractivity contribution in [2.24, 2.45) is 0 Å². The zero-order chi connectivity index (χ0) is 27.2. The number of rotatable bonds is 6. The highest BCUT2D eigenvalue weighted by atomic mass is 32.2. The second-order valence-corrected chi connectivity index (χ2v) is 12.6. The molecular weight excluding hydrogens is 535 g/mol. The quantitative estimate of drug-likeness (QED) is 0.366. The molecule has 38 heavy (non-hydrogen) atoms. The summed E-state index contributed by atoms with van der Waals surface area (Å²) in [5, 5.41) is 3.90. The van der Waals surface area contributed by atoms with Gasteiger partial charge in [-0.3, -0.25) is 4.79 Å². The Morgan fingerprint density at radius 3 is 2.53 bits per heavy atom. The molecule has 1 saturated heterocycles. The van der Waals surface area contributed by atoms with E-state index in [4.69, 9.17) is 10.3 Å². The lowest BCUT2D eigenvalue weighted by atomic mass is 10.0. The molecule has 3 aromatic carbocycles. The maximum atomic E-state index is 15.8. The molecule has 1 atom stereocenters. The molecule has 198 valence electrons. The van der Waals surface area contributed by atoms with Gasteiger partial charge in [0.2, 0.25) is 15.9 Å². The third-order valence-electron chi connectivity index (χ3n) is 6.34. The van der Waals surface area contributed by atoms with Crippen LogP contribution in [0.4, 0.5) is 15.9 Å². The molecule has 1 unspecified atom stereocenters. The number of halogens is 1. The molecule has 1 fully saturated rings. The molecule has 10 nitrogen and oxygen atoms in total. The average Bonchev–Trinajstić information content (AvgIpc) is 3.25. The van der Waals surface area contributed by atoms with Crippen LogP contribution in [0.2, 0.25) is 0 Å². The van der Waals surface area contributed by atoms with E-state index in [9.17, 15) is 21.6 Å². The van der Waals surface area contributed by atoms with Crippen LogP contribution in [-0.2, 0) is 24.7 Å². The molecule has 2 heterocycles. The molecule has 4 aromatic rings. The van der Waals surface area contributed by atoms with Crippen molar-refractivity contribution in [3.05, 3.63) is 66.5 Å². The molecule has 5 rings (SSSR count). The first-order valence-corrected chi connectivity index (χ1v) is 14.9. The lowest BCUT2D eigenvalue weighted by Crippen LogP contribution is -2.52. The molecule has 1 aromatic heterocycles. The molecule has 1 aliphatic heterocycles. The minimum atomic E-state index is -4.18. The lowest BCUT2D eigenvalue weighted by molar-refractivity contribution is -0.121. The predicted molar refractivity (Wildman–Crippen MR) is 139 cm³/mol. The second-order valence-electron chi connectivity index (χ2n) is 8.95. The third kappa shape index (κ3) is 4.64. The summed E-state index contributed by atoms with van der Waals surface area (Å²) >= 11 is 0. The van der Waals surface area contributed by atoms with Crippen LogP contribution in [0.3, 0.4) is 0 Å². The fourth-order valence-corrected chi connectivity index (χ4v) is 6.81. The average molecular weight is 559 g/mol. The highest BCUT2D eigenvalue weighted by molar-refractivity contribution is 7.91. The Hall–Kier alpha value is -3.81. The van der Waals surface area contributed by atoms with Gasteiger partial charge in [0.1, 0.15) is 10.9 Å². The van der Waals surface area contributed by atoms with Gasteiger partial charge < -0.3 is 15.2 Å². The summed E-state index contributed by atoms with van der Waals surface area (Å²) in [6.07, 6.45) is 1.43. The fraction of sp³-hybridized carbons (Fsp3) is 0.200. The van der Waals surface area contributed by atoms with Crippen LogP contribution in [-0.4, -0.2) is 46.7 Å². The monoisotopic (exact) mass is 558 g/mol. The highest BCUT2D eigenvalue weighted by Gasteiger charge is 2.36. The first-order chi connectivity index (χ1) is 18.0. The molecule has 0 aliphatic carbocycles. The van der Waals surface area contributed by atoms with Crippen molar-refractivity contribution in [2.45, 2.75) is 28.7 Å². The number of benzene rings is 3. The highest BCUT2D eigenvalue weighted by Crippen LogP contribution is 2.36. The summed E-state index contributed by atoms with van der Waals surface area (Å²) in [6.45, 7) is 0.0883. The van der Waals surface area contributed by atoms with Crippen molar-refractivity contribution < 1.29 is 30.5 Å². The number of aromatic nitrogens is 1. The Morgan fingerprint density at radius 1 is 1.08 bits per heavy atom. The van der Waals surface area contributed by atoms with Crippen LogP contribution in [0.5, 0.6) is 0 Å². The van der Waals surface area contributed by atoms with E-state index < -0.39 is 42.5 Å². The van der Waals surface area contributed by atoms with Crippen molar-refractivity contribution in [1.29, 1.82) is 0 Å². The lowest BCUT2D eigenvalue weighted by Gasteiger charge is -2.33. The normalized spacial score (nSPS) is 16.7. The third-order valence-corrected chi connectivity index (χ3v) is 8.95. The van der Waals surface area contributed by atoms with E-state index in [1.54, 1.807) is 30.3 Å². The molecule has 0 saturated carbocycles. The summed E-state index contributed by atoms with van der Waals surface area (Å²) in [6, 6.07) is 14.0. The van der Waals surface area contributed by atoms with Gasteiger partial charge in [-0.25, -0.2) is 21.2 Å². The van der Waals surface area contributed by atoms with Gasteiger partial charge in [-0.2, -0.15) is 4.72 Å². The number of carbonyl (C=O) groups excluding carboxylic acids is 1. The van der Waals surface area contributed by atoms with Crippen molar-refractivity contribution in [1.82, 2.24) is 9.88 Å². The number of amides is 1. The summed E-state index contributed by atoms with van der Waals surface area (Å²) in [4.78, 5) is 13.8. The molecule has 0 spiro atoms. The topological polar surface area (TPSA) is 153 Å². The first-order valence-electron chi connectivity index (χ1n) is 11.5. The van der Waals surface area contributed by atoms with Gasteiger partial charge in [0.25, 0.3) is 0 Å². The Morgan fingerprint density at radius 2 is 1.82 bits per heavy atom. The molecule has 1 amide bonds. The molecule has 0 bridgehead atoms. The molecule has 1 aliphatic rings. The van der Waals surface area contributed by atoms with Crippen molar-refractivity contribution in [2.75, 3.05) is 23.4 Å². The number of fused-ring (bicyclic) bond motifs is 1. The Labute approximate surface area is 218 Å². The van der Waals surface area contributed by atoms with Crippen LogP contribution < -0.4 is 15.4 Å². The van der Waals surface area contributed by atoms with Crippen LogP contribution in [0.1, 0.15) is 12.8 Å². The van der Waals surface area contributed by atoms with Gasteiger partial charge in [-0.1, -0.05) is 41.6 Å². The van der Waals surface area contributed by atoms with Gasteiger partial charge >= 0.3 is 0 Å². The maximum absolute atomic E-state index is 15.8. The number of sulfonamides is 1. The minimum Gasteiger partial charge on any atom is -0.380 e. The number of sulfone groups is 1. The number of carbonyl (C=O) groups is 1. The maximum Gasteiger partial charge on any atom is 0.245 e. The smallest absolute Gasteiger partial charge is 0.245 e. The summed E-state index contributed by atoms with van der Waals surface area (Å²) in [5.74, 6) is -1.75. The summed E-state index contributed by atoms with van der Waals surface area (Å²) < 4.78 is 74.6. The van der Waals surface area contributed by atoms with Crippen molar-refractivity contribution >= 4 is 48.2 Å². The number of nitrogens with zero attached hydrogens (tertiary/aromatic N) is 2. The largest absolute Gasteiger partial charge is 0.380 e. The van der Waals surface area contributed by atoms with Crippen LogP contribution in [0.25, 0.3) is 22.1 Å². The Balaban J connectivity index is 1.48. The van der Waals surface area contributed by atoms with E-state index in [1.165, 1.54) is 30.3 Å². The van der Waals surface area contributed by atoms with E-state index in [0.717, 1.165) is 11.2 Å². The van der Waals surface area contributed by atoms with Crippen molar-refractivity contribution in [3.8, 4) is 11.1 Å². The van der Waals surface area contributed by atoms with E-state index in [2.05, 4.69) is 9.88 Å². The number of anilines is 2. The molecule has 13 heteroatoms. The van der Waals surface area contributed by atoms with E-state index >= 15 is 4.39 Å². The molecule has 0 radical (unpaired) electrons. The first kappa shape index (κ1) is 25.8. The number of hydrogen-bond acceptors (Lipinski definition) is 8. The van der Waals surface area contributed by atoms with E-state index in [0.29, 0.717) is 23.0 Å². The van der Waals surface area contributed by atoms with Crippen molar-refractivity contribution in [3.63, 3.8) is 0 Å². The predicted octanol–water partition coefficient (Wildman–Crippen LogP) is 3.09. The zero-order valence-corrected chi connectivity index (χ0v) is 21.7. The van der Waals surface area contributed by atoms with Gasteiger partial charge in [0, 0.05) is 18.4 Å². The van der Waals surface area contributed by atoms with Crippen LogP contribution >= 0.6 is 0 Å². The van der Waals surface area contributed by atoms with Crippen LogP contribution in [0.15, 0.2) is 75.0 Å². The fourth-order valence-electron chi connectivity index (χ4n) is 4.54. The second kappa shape index (κ2) is 9.49. The van der Waals surface area contributed by atoms with Gasteiger partial charge in [0.15, 0.2) is 27.1 Å². The number of hydrogen-bond donors (Lipinski definition) is 2. The Kier molecular flexibility index (Phi) is 6.45. The standard InChI is InChI=1S/C25H23FN4O6S2/c1-37(32,33)23-17(15-6-3-2-4-7-15)10-11-20(22(23)26)30-13-5-8-19(25(30)31)29-38(34,35)16-9-12-21-18(14-16)24(27)28-36-21/h2-4,6-7,9-12,14,19,29H,5,8,13H2,1H3,(H2,27,28). The van der Waals surface area contributed by atoms with Gasteiger partial charge in [-0.15, -0.1) is 0 Å².